The number of halogens is 1. The molecule has 4 nitrogen and oxygen atoms in total. The van der Waals surface area contributed by atoms with E-state index in [2.05, 4.69) is 17.1 Å². The topological polar surface area (TPSA) is 33.7 Å². The summed E-state index contributed by atoms with van der Waals surface area (Å²) in [7, 11) is 0. The fourth-order valence-electron chi connectivity index (χ4n) is 2.64. The van der Waals surface area contributed by atoms with Gasteiger partial charge in [-0.25, -0.2) is 0 Å². The number of nitrogens with zero attached hydrogens (tertiary/aromatic N) is 1. The molecule has 0 atom stereocenters. The van der Waals surface area contributed by atoms with Crippen LogP contribution in [0.5, 0.6) is 11.5 Å². The molecule has 19 heavy (non-hydrogen) atoms. The van der Waals surface area contributed by atoms with Crippen LogP contribution in [0.15, 0.2) is 6.07 Å². The lowest BCUT2D eigenvalue weighted by Crippen LogP contribution is -2.43. The summed E-state index contributed by atoms with van der Waals surface area (Å²) in [5.41, 5.74) is 2.27. The van der Waals surface area contributed by atoms with Gasteiger partial charge in [-0.05, 0) is 12.5 Å². The second-order valence-corrected chi connectivity index (χ2v) is 5.42. The van der Waals surface area contributed by atoms with Crippen molar-refractivity contribution in [3.63, 3.8) is 0 Å². The molecule has 5 heteroatoms. The molecule has 0 saturated carbocycles. The van der Waals surface area contributed by atoms with Gasteiger partial charge in [0.25, 0.3) is 0 Å². The van der Waals surface area contributed by atoms with E-state index in [1.165, 1.54) is 0 Å². The van der Waals surface area contributed by atoms with Crippen molar-refractivity contribution >= 4 is 11.6 Å². The molecule has 2 aliphatic heterocycles. The number of hydrogen-bond donors (Lipinski definition) is 1. The van der Waals surface area contributed by atoms with Crippen LogP contribution in [0.25, 0.3) is 0 Å². The number of hydrogen-bond acceptors (Lipinski definition) is 4. The lowest BCUT2D eigenvalue weighted by molar-refractivity contribution is 0.169. The van der Waals surface area contributed by atoms with Gasteiger partial charge in [0.15, 0.2) is 11.5 Å². The van der Waals surface area contributed by atoms with Gasteiger partial charge in [0.05, 0.1) is 0 Å². The third kappa shape index (κ3) is 2.66. The highest BCUT2D eigenvalue weighted by atomic mass is 35.5. The lowest BCUT2D eigenvalue weighted by Gasteiger charge is -2.29. The van der Waals surface area contributed by atoms with Crippen LogP contribution in [0, 0.1) is 6.92 Å². The normalized spacial score (nSPS) is 19.5. The minimum atomic E-state index is 0.597. The first-order valence-corrected chi connectivity index (χ1v) is 7.14. The summed E-state index contributed by atoms with van der Waals surface area (Å²) < 4.78 is 11.3. The van der Waals surface area contributed by atoms with Gasteiger partial charge in [-0.3, -0.25) is 4.90 Å². The molecule has 0 spiro atoms. The Morgan fingerprint density at radius 1 is 1.26 bits per heavy atom. The Balaban J connectivity index is 1.87. The highest BCUT2D eigenvalue weighted by Gasteiger charge is 2.21. The molecule has 104 valence electrons. The molecule has 1 saturated heterocycles. The van der Waals surface area contributed by atoms with Gasteiger partial charge in [0.2, 0.25) is 0 Å². The maximum absolute atomic E-state index is 6.41. The number of benzene rings is 1. The van der Waals surface area contributed by atoms with E-state index in [9.17, 15) is 0 Å². The molecule has 2 aliphatic rings. The summed E-state index contributed by atoms with van der Waals surface area (Å²) >= 11 is 6.41. The second-order valence-electron chi connectivity index (χ2n) is 5.01. The van der Waals surface area contributed by atoms with Crippen molar-refractivity contribution < 1.29 is 9.47 Å². The van der Waals surface area contributed by atoms with Crippen LogP contribution >= 0.6 is 11.6 Å². The van der Waals surface area contributed by atoms with E-state index < -0.39 is 0 Å². The summed E-state index contributed by atoms with van der Waals surface area (Å²) in [5, 5.41) is 4.14. The molecule has 0 aromatic heterocycles. The van der Waals surface area contributed by atoms with Gasteiger partial charge in [-0.2, -0.15) is 0 Å². The first kappa shape index (κ1) is 13.0. The molecule has 1 aromatic rings. The van der Waals surface area contributed by atoms with Crippen LogP contribution in [-0.2, 0) is 6.54 Å². The number of fused-ring (bicyclic) bond motifs is 1. The van der Waals surface area contributed by atoms with Gasteiger partial charge in [0.1, 0.15) is 13.2 Å². The van der Waals surface area contributed by atoms with Crippen LogP contribution in [-0.4, -0.2) is 44.3 Å². The smallest absolute Gasteiger partial charge is 0.164 e. The minimum Gasteiger partial charge on any atom is -0.486 e. The Bertz CT molecular complexity index is 473. The van der Waals surface area contributed by atoms with Crippen molar-refractivity contribution in [1.29, 1.82) is 0 Å². The molecular formula is C14H19ClN2O2. The van der Waals surface area contributed by atoms with E-state index in [0.29, 0.717) is 13.2 Å². The van der Waals surface area contributed by atoms with Crippen molar-refractivity contribution in [2.24, 2.45) is 0 Å². The zero-order chi connectivity index (χ0) is 13.2. The third-order valence-electron chi connectivity index (χ3n) is 3.74. The van der Waals surface area contributed by atoms with Gasteiger partial charge in [0, 0.05) is 49.4 Å². The molecule has 0 radical (unpaired) electrons. The van der Waals surface area contributed by atoms with Crippen molar-refractivity contribution in [2.75, 3.05) is 39.4 Å². The number of piperazine rings is 1. The number of nitrogens with one attached hydrogen (secondary N) is 1. The zero-order valence-electron chi connectivity index (χ0n) is 11.2. The lowest BCUT2D eigenvalue weighted by atomic mass is 10.1. The largest absolute Gasteiger partial charge is 0.486 e. The van der Waals surface area contributed by atoms with E-state index >= 15 is 0 Å². The Morgan fingerprint density at radius 2 is 2.00 bits per heavy atom. The first-order valence-electron chi connectivity index (χ1n) is 6.76. The molecule has 0 aliphatic carbocycles. The fourth-order valence-corrected chi connectivity index (χ4v) is 2.94. The van der Waals surface area contributed by atoms with Crippen LogP contribution in [0.1, 0.15) is 11.1 Å². The highest BCUT2D eigenvalue weighted by Crippen LogP contribution is 2.39. The summed E-state index contributed by atoms with van der Waals surface area (Å²) in [6, 6.07) is 1.89. The second kappa shape index (κ2) is 5.57. The summed E-state index contributed by atoms with van der Waals surface area (Å²) in [6.45, 7) is 8.36. The Morgan fingerprint density at radius 3 is 2.79 bits per heavy atom. The Labute approximate surface area is 118 Å². The third-order valence-corrected chi connectivity index (χ3v) is 4.08. The molecule has 0 bridgehead atoms. The van der Waals surface area contributed by atoms with Crippen molar-refractivity contribution in [2.45, 2.75) is 13.5 Å². The van der Waals surface area contributed by atoms with Gasteiger partial charge in [-0.15, -0.1) is 0 Å². The van der Waals surface area contributed by atoms with Crippen molar-refractivity contribution in [3.8, 4) is 11.5 Å². The molecule has 0 unspecified atom stereocenters. The predicted octanol–water partition coefficient (Wildman–Crippen LogP) is 1.82. The number of rotatable bonds is 2. The molecule has 1 fully saturated rings. The van der Waals surface area contributed by atoms with Crippen molar-refractivity contribution in [3.05, 3.63) is 22.2 Å². The molecule has 1 N–H and O–H groups in total. The molecule has 2 heterocycles. The van der Waals surface area contributed by atoms with Gasteiger partial charge < -0.3 is 14.8 Å². The van der Waals surface area contributed by atoms with Crippen molar-refractivity contribution in [1.82, 2.24) is 10.2 Å². The maximum atomic E-state index is 6.41. The summed E-state index contributed by atoms with van der Waals surface area (Å²) in [6.07, 6.45) is 0. The van der Waals surface area contributed by atoms with E-state index in [0.717, 1.165) is 60.4 Å². The molecular weight excluding hydrogens is 264 g/mol. The van der Waals surface area contributed by atoms with Crippen LogP contribution in [0.3, 0.4) is 0 Å². The van der Waals surface area contributed by atoms with Crippen LogP contribution in [0.4, 0.5) is 0 Å². The van der Waals surface area contributed by atoms with Gasteiger partial charge in [-0.1, -0.05) is 11.6 Å². The molecule has 3 rings (SSSR count). The van der Waals surface area contributed by atoms with E-state index in [1.54, 1.807) is 0 Å². The molecule has 1 aromatic carbocycles. The Kier molecular flexibility index (Phi) is 3.82. The highest BCUT2D eigenvalue weighted by molar-refractivity contribution is 6.31. The quantitative estimate of drug-likeness (QED) is 0.897. The standard InChI is InChI=1S/C14H19ClN2O2/c1-10-11(9-17-4-2-16-3-5-17)12(15)8-13-14(10)19-7-6-18-13/h8,16H,2-7,9H2,1H3. The Hall–Kier alpha value is -0.970. The average Bonchev–Trinajstić information content (AvgIpc) is 2.45. The number of ether oxygens (including phenoxy) is 2. The summed E-state index contributed by atoms with van der Waals surface area (Å²) in [4.78, 5) is 2.42. The summed E-state index contributed by atoms with van der Waals surface area (Å²) in [5.74, 6) is 1.64. The van der Waals surface area contributed by atoms with Gasteiger partial charge >= 0.3 is 0 Å². The minimum absolute atomic E-state index is 0.597. The maximum Gasteiger partial charge on any atom is 0.164 e. The predicted molar refractivity (Wildman–Crippen MR) is 75.3 cm³/mol. The first-order chi connectivity index (χ1) is 9.25. The SMILES string of the molecule is Cc1c(CN2CCNCC2)c(Cl)cc2c1OCCO2. The monoisotopic (exact) mass is 282 g/mol. The zero-order valence-corrected chi connectivity index (χ0v) is 11.9. The van der Waals surface area contributed by atoms with E-state index in [-0.39, 0.29) is 0 Å². The molecule has 0 amide bonds. The van der Waals surface area contributed by atoms with Crippen LogP contribution in [0.2, 0.25) is 5.02 Å². The van der Waals surface area contributed by atoms with E-state index in [4.69, 9.17) is 21.1 Å². The average molecular weight is 283 g/mol. The fraction of sp³-hybridized carbons (Fsp3) is 0.571. The van der Waals surface area contributed by atoms with Crippen LogP contribution < -0.4 is 14.8 Å². The van der Waals surface area contributed by atoms with E-state index in [1.807, 2.05) is 6.07 Å².